The molecule has 10 heteroatoms. The Balaban J connectivity index is 4.01. The minimum atomic E-state index is -4.38. The SMILES string of the molecule is CC/C=C\C/C=C\C/C=C\C/C=C\CCCCCCCCCCCCCCC(=O)OC(COC(=O)CCCCCCCCCCCCCCCCCC)COP(=O)(O)OCCN. The molecule has 0 aromatic carbocycles. The highest BCUT2D eigenvalue weighted by atomic mass is 31.2. The molecule has 0 rings (SSSR count). The summed E-state index contributed by atoms with van der Waals surface area (Å²) >= 11 is 0. The van der Waals surface area contributed by atoms with Crippen LogP contribution in [0, 0.1) is 0 Å². The highest BCUT2D eigenvalue weighted by Gasteiger charge is 2.26. The van der Waals surface area contributed by atoms with Crippen LogP contribution in [-0.4, -0.2) is 49.3 Å². The number of allylic oxidation sites excluding steroid dienone is 8. The van der Waals surface area contributed by atoms with Crippen LogP contribution in [0.5, 0.6) is 0 Å². The number of carbonyl (C=O) groups is 2. The van der Waals surface area contributed by atoms with Crippen LogP contribution in [0.2, 0.25) is 0 Å². The highest BCUT2D eigenvalue weighted by molar-refractivity contribution is 7.47. The monoisotopic (exact) mass is 894 g/mol. The van der Waals surface area contributed by atoms with E-state index in [1.54, 1.807) is 0 Å². The van der Waals surface area contributed by atoms with Gasteiger partial charge in [0.25, 0.3) is 0 Å². The van der Waals surface area contributed by atoms with E-state index in [4.69, 9.17) is 24.3 Å². The van der Waals surface area contributed by atoms with Crippen molar-refractivity contribution >= 4 is 19.8 Å². The molecule has 0 aliphatic carbocycles. The molecule has 9 nitrogen and oxygen atoms in total. The number of phosphoric acid groups is 1. The van der Waals surface area contributed by atoms with E-state index >= 15 is 0 Å². The lowest BCUT2D eigenvalue weighted by Crippen LogP contribution is -2.29. The molecule has 0 aliphatic heterocycles. The summed E-state index contributed by atoms with van der Waals surface area (Å²) in [5, 5.41) is 0. The van der Waals surface area contributed by atoms with Gasteiger partial charge in [0, 0.05) is 19.4 Å². The predicted molar refractivity (Wildman–Crippen MR) is 261 cm³/mol. The molecule has 62 heavy (non-hydrogen) atoms. The van der Waals surface area contributed by atoms with Gasteiger partial charge in [-0.3, -0.25) is 18.6 Å². The second-order valence-electron chi connectivity index (χ2n) is 17.0. The van der Waals surface area contributed by atoms with E-state index in [0.717, 1.165) is 64.2 Å². The molecule has 0 saturated carbocycles. The van der Waals surface area contributed by atoms with Crippen molar-refractivity contribution < 1.29 is 37.6 Å². The number of esters is 2. The molecular weight excluding hydrogens is 798 g/mol. The van der Waals surface area contributed by atoms with Gasteiger partial charge in [-0.1, -0.05) is 223 Å². The van der Waals surface area contributed by atoms with Gasteiger partial charge in [0.2, 0.25) is 0 Å². The van der Waals surface area contributed by atoms with Gasteiger partial charge in [-0.2, -0.15) is 0 Å². The van der Waals surface area contributed by atoms with E-state index < -0.39 is 26.5 Å². The van der Waals surface area contributed by atoms with Crippen molar-refractivity contribution in [3.8, 4) is 0 Å². The van der Waals surface area contributed by atoms with E-state index in [0.29, 0.717) is 6.42 Å². The average molecular weight is 894 g/mol. The van der Waals surface area contributed by atoms with Gasteiger partial charge in [0.1, 0.15) is 6.61 Å². The first kappa shape index (κ1) is 60.0. The molecule has 0 fully saturated rings. The first-order valence-corrected chi connectivity index (χ1v) is 27.1. The largest absolute Gasteiger partial charge is 0.472 e. The van der Waals surface area contributed by atoms with Gasteiger partial charge in [-0.05, 0) is 51.4 Å². The lowest BCUT2D eigenvalue weighted by molar-refractivity contribution is -0.161. The van der Waals surface area contributed by atoms with Crippen molar-refractivity contribution in [2.24, 2.45) is 5.73 Å². The molecule has 3 N–H and O–H groups in total. The molecule has 0 aliphatic rings. The fourth-order valence-corrected chi connectivity index (χ4v) is 7.98. The van der Waals surface area contributed by atoms with Gasteiger partial charge in [0.05, 0.1) is 13.2 Å². The summed E-state index contributed by atoms with van der Waals surface area (Å²) in [6.45, 7) is 3.65. The van der Waals surface area contributed by atoms with Crippen molar-refractivity contribution in [3.63, 3.8) is 0 Å². The van der Waals surface area contributed by atoms with Crippen LogP contribution in [-0.2, 0) is 32.7 Å². The summed E-state index contributed by atoms with van der Waals surface area (Å²) in [5.41, 5.74) is 5.37. The maximum absolute atomic E-state index is 12.7. The minimum Gasteiger partial charge on any atom is -0.462 e. The summed E-state index contributed by atoms with van der Waals surface area (Å²) in [5.74, 6) is -0.821. The lowest BCUT2D eigenvalue weighted by atomic mass is 10.0. The Labute approximate surface area is 381 Å². The standard InChI is InChI=1S/C52H96NO8P/c1-3-5-7-9-11-13-15-17-19-21-22-23-24-25-26-27-28-29-31-33-35-37-39-41-43-45-52(55)61-50(49-60-62(56,57)59-47-46-53)48-58-51(54)44-42-40-38-36-34-32-30-20-18-16-14-12-10-8-6-4-2/h5,7,11,13,17,19,22-23,50H,3-4,6,8-10,12,14-16,18,20-21,24-49,53H2,1-2H3,(H,56,57)/b7-5-,13-11-,19-17-,23-22-. The zero-order valence-corrected chi connectivity index (χ0v) is 41.0. The Bertz CT molecular complexity index is 1160. The number of nitrogens with two attached hydrogens (primary N) is 1. The number of phosphoric ester groups is 1. The number of ether oxygens (including phenoxy) is 2. The fourth-order valence-electron chi connectivity index (χ4n) is 7.22. The maximum atomic E-state index is 12.7. The lowest BCUT2D eigenvalue weighted by Gasteiger charge is -2.19. The molecule has 0 bridgehead atoms. The first-order valence-electron chi connectivity index (χ1n) is 25.6. The zero-order chi connectivity index (χ0) is 45.3. The summed E-state index contributed by atoms with van der Waals surface area (Å²) in [6.07, 6.45) is 57.2. The Morgan fingerprint density at radius 3 is 1.32 bits per heavy atom. The van der Waals surface area contributed by atoms with Crippen LogP contribution < -0.4 is 5.73 Å². The molecule has 0 aromatic rings. The number of unbranched alkanes of at least 4 members (excludes halogenated alkanes) is 27. The van der Waals surface area contributed by atoms with Gasteiger partial charge >= 0.3 is 19.8 Å². The maximum Gasteiger partial charge on any atom is 0.472 e. The van der Waals surface area contributed by atoms with Crippen molar-refractivity contribution in [1.82, 2.24) is 0 Å². The van der Waals surface area contributed by atoms with Crippen LogP contribution in [0.1, 0.15) is 239 Å². The molecule has 0 heterocycles. The zero-order valence-electron chi connectivity index (χ0n) is 40.1. The van der Waals surface area contributed by atoms with E-state index in [1.165, 1.54) is 141 Å². The average Bonchev–Trinajstić information content (AvgIpc) is 3.26. The topological polar surface area (TPSA) is 134 Å². The van der Waals surface area contributed by atoms with Crippen LogP contribution in [0.3, 0.4) is 0 Å². The van der Waals surface area contributed by atoms with Crippen LogP contribution in [0.15, 0.2) is 48.6 Å². The number of rotatable bonds is 48. The highest BCUT2D eigenvalue weighted by Crippen LogP contribution is 2.43. The second kappa shape index (κ2) is 48.4. The van der Waals surface area contributed by atoms with Crippen LogP contribution >= 0.6 is 7.82 Å². The van der Waals surface area contributed by atoms with Gasteiger partial charge in [-0.25, -0.2) is 4.57 Å². The third-order valence-electron chi connectivity index (χ3n) is 11.0. The normalized spacial score (nSPS) is 13.5. The van der Waals surface area contributed by atoms with Crippen molar-refractivity contribution in [2.45, 2.75) is 245 Å². The number of carbonyl (C=O) groups excluding carboxylic acids is 2. The van der Waals surface area contributed by atoms with Crippen molar-refractivity contribution in [3.05, 3.63) is 48.6 Å². The Morgan fingerprint density at radius 2 is 0.887 bits per heavy atom. The van der Waals surface area contributed by atoms with E-state index in [1.807, 2.05) is 0 Å². The third kappa shape index (κ3) is 47.4. The smallest absolute Gasteiger partial charge is 0.462 e. The second-order valence-corrected chi connectivity index (χ2v) is 18.5. The van der Waals surface area contributed by atoms with Crippen molar-refractivity contribution in [2.75, 3.05) is 26.4 Å². The molecule has 0 aromatic heterocycles. The summed E-state index contributed by atoms with van der Waals surface area (Å²) in [6, 6.07) is 0. The van der Waals surface area contributed by atoms with E-state index in [-0.39, 0.29) is 38.6 Å². The number of hydrogen-bond acceptors (Lipinski definition) is 8. The minimum absolute atomic E-state index is 0.0535. The van der Waals surface area contributed by atoms with Crippen molar-refractivity contribution in [1.29, 1.82) is 0 Å². The molecule has 2 unspecified atom stereocenters. The summed E-state index contributed by atoms with van der Waals surface area (Å²) in [7, 11) is -4.38. The van der Waals surface area contributed by atoms with Crippen LogP contribution in [0.4, 0.5) is 0 Å². The molecule has 0 saturated heterocycles. The molecular formula is C52H96NO8P. The molecule has 0 radical (unpaired) electrons. The van der Waals surface area contributed by atoms with Gasteiger partial charge in [0.15, 0.2) is 6.10 Å². The first-order chi connectivity index (χ1) is 30.3. The fraction of sp³-hybridized carbons (Fsp3) is 0.808. The predicted octanol–water partition coefficient (Wildman–Crippen LogP) is 15.5. The Hall–Kier alpha value is -2.03. The van der Waals surface area contributed by atoms with E-state index in [2.05, 4.69) is 62.5 Å². The molecule has 0 amide bonds. The van der Waals surface area contributed by atoms with Crippen LogP contribution in [0.25, 0.3) is 0 Å². The quantitative estimate of drug-likeness (QED) is 0.0265. The third-order valence-corrected chi connectivity index (χ3v) is 12.0. The Kier molecular flexibility index (Phi) is 46.8. The van der Waals surface area contributed by atoms with E-state index in [9.17, 15) is 19.0 Å². The van der Waals surface area contributed by atoms with Gasteiger partial charge < -0.3 is 20.1 Å². The van der Waals surface area contributed by atoms with Gasteiger partial charge in [-0.15, -0.1) is 0 Å². The Morgan fingerprint density at radius 1 is 0.500 bits per heavy atom. The molecule has 0 spiro atoms. The number of hydrogen-bond donors (Lipinski definition) is 2. The molecule has 362 valence electrons. The summed E-state index contributed by atoms with van der Waals surface area (Å²) in [4.78, 5) is 35.0. The molecule has 2 atom stereocenters. The summed E-state index contributed by atoms with van der Waals surface area (Å²) < 4.78 is 32.9.